The predicted octanol–water partition coefficient (Wildman–Crippen LogP) is 11.6. The third-order valence-electron chi connectivity index (χ3n) is 14.0. The van der Waals surface area contributed by atoms with Crippen LogP contribution in [0.25, 0.3) is 0 Å². The maximum absolute atomic E-state index is 7.19. The fraction of sp³-hybridized carbons (Fsp3) is 0.410. The molecule has 0 radical (unpaired) electrons. The molecule has 0 bridgehead atoms. The van der Waals surface area contributed by atoms with Crippen molar-refractivity contribution in [2.45, 2.75) is 140 Å². The Morgan fingerprint density at radius 2 is 0.630 bits per heavy atom. The van der Waals surface area contributed by atoms with Crippen LogP contribution >= 0.6 is 0 Å². The first-order valence-electron chi connectivity index (χ1n) is 25.6. The molecule has 2 fully saturated rings. The maximum Gasteiger partial charge on any atom is 0.192 e. The molecular weight excluding hydrogens is 937 g/mol. The van der Waals surface area contributed by atoms with Crippen LogP contribution in [0.1, 0.15) is 54.2 Å². The molecule has 6 aromatic carbocycles. The van der Waals surface area contributed by atoms with E-state index in [2.05, 4.69) is 58.1 Å². The highest BCUT2D eigenvalue weighted by molar-refractivity contribution is 6.74. The van der Waals surface area contributed by atoms with E-state index >= 15 is 0 Å². The number of ether oxygens (including phenoxy) is 10. The fourth-order valence-corrected chi connectivity index (χ4v) is 9.79. The lowest BCUT2D eigenvalue weighted by Gasteiger charge is -2.48. The van der Waals surface area contributed by atoms with Gasteiger partial charge in [0.2, 0.25) is 0 Å². The number of rotatable bonds is 25. The molecule has 0 saturated carbocycles. The van der Waals surface area contributed by atoms with Crippen molar-refractivity contribution < 1.29 is 51.8 Å². The van der Waals surface area contributed by atoms with Gasteiger partial charge in [-0.2, -0.15) is 0 Å². The van der Waals surface area contributed by atoms with Crippen molar-refractivity contribution in [2.75, 3.05) is 20.3 Å². The predicted molar refractivity (Wildman–Crippen MR) is 284 cm³/mol. The molecule has 2 heterocycles. The minimum absolute atomic E-state index is 0.00252. The maximum atomic E-state index is 7.19. The molecule has 2 aliphatic rings. The molecule has 0 amide bonds. The summed E-state index contributed by atoms with van der Waals surface area (Å²) in [5.41, 5.74) is 6.02. The lowest BCUT2D eigenvalue weighted by atomic mass is 9.97. The van der Waals surface area contributed by atoms with Gasteiger partial charge in [0.25, 0.3) is 0 Å². The van der Waals surface area contributed by atoms with Gasteiger partial charge in [-0.1, -0.05) is 203 Å². The summed E-state index contributed by atoms with van der Waals surface area (Å²) in [5.74, 6) is 0. The summed E-state index contributed by atoms with van der Waals surface area (Å²) in [6, 6.07) is 60.6. The van der Waals surface area contributed by atoms with E-state index in [1.165, 1.54) is 0 Å². The molecule has 2 aliphatic heterocycles. The quantitative estimate of drug-likeness (QED) is 0.0512. The number of hydrogen-bond acceptors (Lipinski definition) is 11. The topological polar surface area (TPSA) is 102 Å². The van der Waals surface area contributed by atoms with Gasteiger partial charge in [0.15, 0.2) is 20.9 Å². The second-order valence-electron chi connectivity index (χ2n) is 20.3. The Kier molecular flexibility index (Phi) is 20.1. The molecule has 0 aliphatic carbocycles. The third-order valence-corrected chi connectivity index (χ3v) is 18.5. The average molecular weight is 1010 g/mol. The van der Waals surface area contributed by atoms with E-state index in [9.17, 15) is 0 Å². The molecule has 388 valence electrons. The van der Waals surface area contributed by atoms with E-state index in [0.717, 1.165) is 33.4 Å². The van der Waals surface area contributed by atoms with E-state index in [0.29, 0.717) is 26.4 Å². The van der Waals surface area contributed by atoms with Crippen LogP contribution in [0.5, 0.6) is 0 Å². The van der Waals surface area contributed by atoms with Gasteiger partial charge < -0.3 is 51.8 Å². The van der Waals surface area contributed by atoms with E-state index in [1.54, 1.807) is 7.11 Å². The van der Waals surface area contributed by atoms with E-state index in [1.807, 2.05) is 158 Å². The molecule has 8 rings (SSSR count). The summed E-state index contributed by atoms with van der Waals surface area (Å²) in [6.07, 6.45) is -7.34. The molecule has 6 aromatic rings. The Hall–Kier alpha value is -4.90. The Morgan fingerprint density at radius 1 is 0.356 bits per heavy atom. The lowest BCUT2D eigenvalue weighted by molar-refractivity contribution is -0.350. The second-order valence-corrected chi connectivity index (χ2v) is 25.1. The number of hydrogen-bond donors (Lipinski definition) is 0. The van der Waals surface area contributed by atoms with Crippen LogP contribution in [0.4, 0.5) is 0 Å². The molecule has 0 N–H and O–H groups in total. The van der Waals surface area contributed by atoms with Gasteiger partial charge in [-0.05, 0) is 51.5 Å². The molecule has 0 aromatic heterocycles. The third kappa shape index (κ3) is 15.6. The number of benzene rings is 6. The Balaban J connectivity index is 1.15. The molecule has 2 saturated heterocycles. The van der Waals surface area contributed by atoms with Crippen LogP contribution in [0.2, 0.25) is 18.1 Å². The van der Waals surface area contributed by atoms with Gasteiger partial charge in [0.05, 0.1) is 52.9 Å². The first-order chi connectivity index (χ1) is 35.5. The van der Waals surface area contributed by atoms with Gasteiger partial charge in [-0.3, -0.25) is 0 Å². The van der Waals surface area contributed by atoms with Gasteiger partial charge >= 0.3 is 0 Å². The SMILES string of the molecule is CO[C@H]1O[C@H](CO[C@H]2O[C@H](CO[Si](C)(C)C(C)(C)C)[C@@H](OCc3ccccc3)[C@H](OCc3ccccc3)[C@@H]2OCc2ccccc2)[C@@H](OCc2ccccc2)[C@H](OCc2ccccc2)[C@@H]1OCc1ccccc1. The van der Waals surface area contributed by atoms with Crippen LogP contribution in [0.15, 0.2) is 182 Å². The zero-order chi connectivity index (χ0) is 50.9. The molecule has 0 unspecified atom stereocenters. The van der Waals surface area contributed by atoms with Crippen LogP contribution in [0.3, 0.4) is 0 Å². The fourth-order valence-electron chi connectivity index (χ4n) is 8.78. The normalized spacial score (nSPS) is 24.6. The van der Waals surface area contributed by atoms with E-state index in [-0.39, 0.29) is 31.5 Å². The molecular formula is C61H74O11Si. The van der Waals surface area contributed by atoms with Crippen molar-refractivity contribution in [1.82, 2.24) is 0 Å². The van der Waals surface area contributed by atoms with Crippen LogP contribution < -0.4 is 0 Å². The van der Waals surface area contributed by atoms with Crippen molar-refractivity contribution in [3.63, 3.8) is 0 Å². The molecule has 10 atom stereocenters. The standard InChI is InChI=1S/C61H74O11Si/c1-61(2,3)73(5,6)70-44-52-54(64-38-46-27-15-8-16-28-46)56(66-40-48-31-19-10-20-32-48)58(68-42-50-35-23-12-24-36-50)60(72-52)69-43-51-53(63-37-45-25-13-7-14-26-45)55(65-39-47-29-17-9-18-30-47)57(59(62-4)71-51)67-41-49-33-21-11-22-34-49/h7-36,51-60H,37-44H2,1-6H3/t51-,52-,53-,54-,55+,56+,57+,58+,59+,60+/m1/s1. The highest BCUT2D eigenvalue weighted by atomic mass is 28.4. The number of methoxy groups -OCH3 is 1. The second kappa shape index (κ2) is 27.1. The van der Waals surface area contributed by atoms with Crippen molar-refractivity contribution in [3.05, 3.63) is 215 Å². The molecule has 0 spiro atoms. The lowest BCUT2D eigenvalue weighted by Crippen LogP contribution is -2.64. The van der Waals surface area contributed by atoms with Gasteiger partial charge in [0, 0.05) is 7.11 Å². The van der Waals surface area contributed by atoms with Crippen molar-refractivity contribution in [1.29, 1.82) is 0 Å². The van der Waals surface area contributed by atoms with E-state index < -0.39 is 69.7 Å². The van der Waals surface area contributed by atoms with E-state index in [4.69, 9.17) is 51.8 Å². The summed E-state index contributed by atoms with van der Waals surface area (Å²) in [5, 5.41) is -0.0603. The minimum atomic E-state index is -2.30. The summed E-state index contributed by atoms with van der Waals surface area (Å²) in [6.45, 7) is 13.2. The molecule has 12 heteroatoms. The zero-order valence-corrected chi connectivity index (χ0v) is 44.2. The smallest absolute Gasteiger partial charge is 0.192 e. The first-order valence-corrected chi connectivity index (χ1v) is 28.5. The van der Waals surface area contributed by atoms with Gasteiger partial charge in [0.1, 0.15) is 48.8 Å². The minimum Gasteiger partial charge on any atom is -0.414 e. The Bertz CT molecular complexity index is 2450. The summed E-state index contributed by atoms with van der Waals surface area (Å²) in [4.78, 5) is 0. The Morgan fingerprint density at radius 3 is 0.945 bits per heavy atom. The van der Waals surface area contributed by atoms with Crippen LogP contribution in [0, 0.1) is 0 Å². The van der Waals surface area contributed by atoms with Crippen LogP contribution in [-0.4, -0.2) is 90.1 Å². The highest BCUT2D eigenvalue weighted by Crippen LogP contribution is 2.39. The van der Waals surface area contributed by atoms with Crippen molar-refractivity contribution >= 4 is 8.32 Å². The van der Waals surface area contributed by atoms with Crippen molar-refractivity contribution in [3.8, 4) is 0 Å². The van der Waals surface area contributed by atoms with Crippen molar-refractivity contribution in [2.24, 2.45) is 0 Å². The van der Waals surface area contributed by atoms with Gasteiger partial charge in [-0.25, -0.2) is 0 Å². The largest absolute Gasteiger partial charge is 0.414 e. The first kappa shape index (κ1) is 54.4. The summed E-state index contributed by atoms with van der Waals surface area (Å²) < 4.78 is 76.1. The van der Waals surface area contributed by atoms with Gasteiger partial charge in [-0.15, -0.1) is 0 Å². The molecule has 11 nitrogen and oxygen atoms in total. The summed E-state index contributed by atoms with van der Waals surface area (Å²) in [7, 11) is -0.680. The Labute approximate surface area is 434 Å². The zero-order valence-electron chi connectivity index (χ0n) is 43.2. The van der Waals surface area contributed by atoms with Crippen LogP contribution in [-0.2, 0) is 91.4 Å². The highest BCUT2D eigenvalue weighted by Gasteiger charge is 2.53. The summed E-state index contributed by atoms with van der Waals surface area (Å²) >= 11 is 0. The monoisotopic (exact) mass is 1010 g/mol. The molecule has 73 heavy (non-hydrogen) atoms. The average Bonchev–Trinajstić information content (AvgIpc) is 3.42.